The van der Waals surface area contributed by atoms with E-state index in [2.05, 4.69) is 25.6 Å². The lowest BCUT2D eigenvalue weighted by Crippen LogP contribution is -2.31. The van der Waals surface area contributed by atoms with Crippen molar-refractivity contribution in [3.8, 4) is 22.5 Å². The molecule has 4 heterocycles. The summed E-state index contributed by atoms with van der Waals surface area (Å²) in [6, 6.07) is 7.85. The van der Waals surface area contributed by atoms with Gasteiger partial charge in [-0.25, -0.2) is 15.4 Å². The summed E-state index contributed by atoms with van der Waals surface area (Å²) in [7, 11) is 1.87. The summed E-state index contributed by atoms with van der Waals surface area (Å²) in [6.07, 6.45) is 5.86. The molecule has 9 nitrogen and oxygen atoms in total. The van der Waals surface area contributed by atoms with E-state index < -0.39 is 0 Å². The number of rotatable bonds is 3. The first-order chi connectivity index (χ1) is 14.5. The number of hydrogen-bond acceptors (Lipinski definition) is 6. The van der Waals surface area contributed by atoms with Crippen molar-refractivity contribution >= 4 is 28.5 Å². The van der Waals surface area contributed by atoms with Crippen LogP contribution in [0.15, 0.2) is 48.0 Å². The van der Waals surface area contributed by atoms with Gasteiger partial charge in [-0.2, -0.15) is 10.2 Å². The van der Waals surface area contributed by atoms with Crippen LogP contribution in [0.5, 0.6) is 0 Å². The molecule has 30 heavy (non-hydrogen) atoms. The topological polar surface area (TPSA) is 127 Å². The molecule has 0 unspecified atom stereocenters. The second kappa shape index (κ2) is 6.80. The quantitative estimate of drug-likeness (QED) is 0.487. The largest absolute Gasteiger partial charge is 0.383 e. The molecule has 1 aliphatic heterocycles. The van der Waals surface area contributed by atoms with Gasteiger partial charge in [0, 0.05) is 48.5 Å². The smallest absolute Gasteiger partial charge is 0.240 e. The molecule has 1 amide bonds. The molecule has 0 fully saturated rings. The maximum Gasteiger partial charge on any atom is 0.240 e. The molecule has 0 radical (unpaired) electrons. The Kier molecular flexibility index (Phi) is 4.09. The number of H-pyrrole nitrogens is 1. The van der Waals surface area contributed by atoms with Crippen LogP contribution < -0.4 is 11.2 Å². The molecule has 1 aromatic carbocycles. The molecule has 9 heteroatoms. The zero-order valence-corrected chi connectivity index (χ0v) is 16.5. The minimum atomic E-state index is -0.0624. The lowest BCUT2D eigenvalue weighted by Gasteiger charge is -2.18. The molecule has 0 saturated heterocycles. The molecule has 0 aliphatic carbocycles. The van der Waals surface area contributed by atoms with E-state index in [-0.39, 0.29) is 11.8 Å². The van der Waals surface area contributed by atoms with Gasteiger partial charge in [0.05, 0.1) is 28.5 Å². The van der Waals surface area contributed by atoms with Crippen LogP contribution >= 0.6 is 0 Å². The van der Waals surface area contributed by atoms with Crippen molar-refractivity contribution in [3.63, 3.8) is 0 Å². The molecule has 0 bridgehead atoms. The average molecular weight is 400 g/mol. The Hall–Kier alpha value is -4.01. The van der Waals surface area contributed by atoms with Crippen LogP contribution in [-0.4, -0.2) is 36.4 Å². The third-order valence-corrected chi connectivity index (χ3v) is 5.25. The van der Waals surface area contributed by atoms with E-state index in [1.54, 1.807) is 17.1 Å². The number of carbonyl (C=O) groups is 1. The zero-order valence-electron chi connectivity index (χ0n) is 16.5. The second-order valence-corrected chi connectivity index (χ2v) is 7.51. The highest BCUT2D eigenvalue weighted by atomic mass is 16.2. The van der Waals surface area contributed by atoms with Crippen molar-refractivity contribution in [3.05, 3.63) is 48.4 Å². The third kappa shape index (κ3) is 3.10. The van der Waals surface area contributed by atoms with Crippen molar-refractivity contribution < 1.29 is 4.79 Å². The standard InChI is InChI=1S/C21H20N8O/c1-11-5-18(30)27-28-19(11)12-3-4-16-17(7-12)26-21(25-16)15-6-13(8-23-20(15)22)14-9-24-29(2)10-14/h3-4,6-11H,5H2,1-2H3,(H2,22,23)(H,25,26)(H,27,30)/t11-/m1/s1. The van der Waals surface area contributed by atoms with Gasteiger partial charge in [0.25, 0.3) is 0 Å². The Morgan fingerprint density at radius 2 is 2.03 bits per heavy atom. The number of nitrogens with one attached hydrogen (secondary N) is 2. The van der Waals surface area contributed by atoms with Crippen LogP contribution in [0, 0.1) is 5.92 Å². The molecular weight excluding hydrogens is 380 g/mol. The first kappa shape index (κ1) is 18.0. The molecule has 4 aromatic rings. The predicted octanol–water partition coefficient (Wildman–Crippen LogP) is 2.47. The Morgan fingerprint density at radius 3 is 2.80 bits per heavy atom. The van der Waals surface area contributed by atoms with Gasteiger partial charge in [-0.3, -0.25) is 9.48 Å². The van der Waals surface area contributed by atoms with Crippen LogP contribution in [0.4, 0.5) is 5.82 Å². The molecular formula is C21H20N8O. The number of nitrogens with zero attached hydrogens (tertiary/aromatic N) is 5. The Bertz CT molecular complexity index is 1320. The van der Waals surface area contributed by atoms with Gasteiger partial charge < -0.3 is 10.7 Å². The molecule has 3 aromatic heterocycles. The van der Waals surface area contributed by atoms with Crippen molar-refractivity contribution in [2.45, 2.75) is 13.3 Å². The van der Waals surface area contributed by atoms with Crippen LogP contribution in [-0.2, 0) is 11.8 Å². The summed E-state index contributed by atoms with van der Waals surface area (Å²) in [6.45, 7) is 2.00. The number of carbonyl (C=O) groups excluding carboxylic acids is 1. The van der Waals surface area contributed by atoms with Gasteiger partial charge in [0.15, 0.2) is 0 Å². The number of nitrogen functional groups attached to an aromatic ring is 1. The van der Waals surface area contributed by atoms with Crippen LogP contribution in [0.25, 0.3) is 33.5 Å². The SMILES string of the molecule is C[C@@H]1CC(=O)NN=C1c1ccc2nc(-c3cc(-c4cnn(C)c4)cnc3N)[nH]c2c1. The van der Waals surface area contributed by atoms with E-state index in [0.717, 1.165) is 39.0 Å². The highest BCUT2D eigenvalue weighted by molar-refractivity contribution is 6.07. The maximum absolute atomic E-state index is 11.5. The van der Waals surface area contributed by atoms with Gasteiger partial charge in [-0.05, 0) is 18.2 Å². The van der Waals surface area contributed by atoms with Crippen LogP contribution in [0.2, 0.25) is 0 Å². The number of hydrazone groups is 1. The summed E-state index contributed by atoms with van der Waals surface area (Å²) in [5.41, 5.74) is 14.8. The number of anilines is 1. The predicted molar refractivity (Wildman–Crippen MR) is 114 cm³/mol. The molecule has 5 rings (SSSR count). The lowest BCUT2D eigenvalue weighted by atomic mass is 9.94. The monoisotopic (exact) mass is 400 g/mol. The average Bonchev–Trinajstić information content (AvgIpc) is 3.34. The maximum atomic E-state index is 11.5. The van der Waals surface area contributed by atoms with Crippen LogP contribution in [0.1, 0.15) is 18.9 Å². The number of imidazole rings is 1. The summed E-state index contributed by atoms with van der Waals surface area (Å²) in [4.78, 5) is 23.9. The number of aryl methyl sites for hydroxylation is 1. The number of pyridine rings is 1. The molecule has 1 atom stereocenters. The van der Waals surface area contributed by atoms with E-state index in [1.165, 1.54) is 0 Å². The number of aromatic nitrogens is 5. The van der Waals surface area contributed by atoms with Crippen molar-refractivity contribution in [2.24, 2.45) is 18.1 Å². The second-order valence-electron chi connectivity index (χ2n) is 7.51. The fourth-order valence-corrected chi connectivity index (χ4v) is 3.69. The minimum absolute atomic E-state index is 0.0506. The Balaban J connectivity index is 1.55. The fourth-order valence-electron chi connectivity index (χ4n) is 3.69. The van der Waals surface area contributed by atoms with Crippen LogP contribution in [0.3, 0.4) is 0 Å². The molecule has 0 spiro atoms. The van der Waals surface area contributed by atoms with E-state index in [1.807, 2.05) is 44.4 Å². The van der Waals surface area contributed by atoms with Gasteiger partial charge >= 0.3 is 0 Å². The van der Waals surface area contributed by atoms with E-state index >= 15 is 0 Å². The summed E-state index contributed by atoms with van der Waals surface area (Å²) < 4.78 is 1.74. The number of nitrogens with two attached hydrogens (primary N) is 1. The number of fused-ring (bicyclic) bond motifs is 1. The Labute approximate surface area is 172 Å². The minimum Gasteiger partial charge on any atom is -0.383 e. The highest BCUT2D eigenvalue weighted by Crippen LogP contribution is 2.30. The number of hydrogen-bond donors (Lipinski definition) is 3. The van der Waals surface area contributed by atoms with Gasteiger partial charge in [-0.1, -0.05) is 13.0 Å². The number of aromatic amines is 1. The molecule has 150 valence electrons. The number of benzene rings is 1. The first-order valence-electron chi connectivity index (χ1n) is 9.59. The lowest BCUT2D eigenvalue weighted by molar-refractivity contribution is -0.121. The fraction of sp³-hybridized carbons (Fsp3) is 0.190. The molecule has 4 N–H and O–H groups in total. The summed E-state index contributed by atoms with van der Waals surface area (Å²) >= 11 is 0. The third-order valence-electron chi connectivity index (χ3n) is 5.25. The van der Waals surface area contributed by atoms with E-state index in [4.69, 9.17) is 10.7 Å². The Morgan fingerprint density at radius 1 is 1.17 bits per heavy atom. The van der Waals surface area contributed by atoms with Gasteiger partial charge in [0.2, 0.25) is 5.91 Å². The normalized spacial score (nSPS) is 16.5. The van der Waals surface area contributed by atoms with Crippen molar-refractivity contribution in [2.75, 3.05) is 5.73 Å². The first-order valence-corrected chi connectivity index (χ1v) is 9.59. The van der Waals surface area contributed by atoms with Crippen molar-refractivity contribution in [1.82, 2.24) is 30.2 Å². The highest BCUT2D eigenvalue weighted by Gasteiger charge is 2.22. The van der Waals surface area contributed by atoms with E-state index in [0.29, 0.717) is 18.1 Å². The molecule has 0 saturated carbocycles. The van der Waals surface area contributed by atoms with Crippen molar-refractivity contribution in [1.29, 1.82) is 0 Å². The van der Waals surface area contributed by atoms with E-state index in [9.17, 15) is 4.79 Å². The zero-order chi connectivity index (χ0) is 20.8. The molecule has 1 aliphatic rings. The van der Waals surface area contributed by atoms with Gasteiger partial charge in [-0.15, -0.1) is 0 Å². The summed E-state index contributed by atoms with van der Waals surface area (Å²) in [5, 5.41) is 8.45. The number of amides is 1. The summed E-state index contributed by atoms with van der Waals surface area (Å²) in [5.74, 6) is 1.03. The van der Waals surface area contributed by atoms with Gasteiger partial charge in [0.1, 0.15) is 11.6 Å².